The quantitative estimate of drug-likeness (QED) is 0.654. The molecular weight excluding hydrogens is 251 g/mol. The Kier molecular flexibility index (Phi) is 2.78. The summed E-state index contributed by atoms with van der Waals surface area (Å²) in [4.78, 5) is 0. The summed E-state index contributed by atoms with van der Waals surface area (Å²) in [5.41, 5.74) is 1.20. The van der Waals surface area contributed by atoms with Gasteiger partial charge in [0.05, 0.1) is 5.52 Å². The number of benzene rings is 2. The Balaban J connectivity index is 2.04. The summed E-state index contributed by atoms with van der Waals surface area (Å²) in [7, 11) is 0. The first-order chi connectivity index (χ1) is 9.13. The van der Waals surface area contributed by atoms with Crippen molar-refractivity contribution >= 4 is 10.9 Å². The van der Waals surface area contributed by atoms with Gasteiger partial charge < -0.3 is 4.57 Å². The molecule has 0 saturated heterocycles. The smallest absolute Gasteiger partial charge is 0.132 e. The van der Waals surface area contributed by atoms with Crippen molar-refractivity contribution in [3.8, 4) is 0 Å². The molecule has 3 aromatic rings. The molecule has 0 fully saturated rings. The van der Waals surface area contributed by atoms with Gasteiger partial charge in [0.25, 0.3) is 0 Å². The Hall–Kier alpha value is -2.23. The number of aromatic nitrogens is 1. The third kappa shape index (κ3) is 2.21. The Labute approximate surface area is 107 Å². The molecule has 0 N–H and O–H groups in total. The lowest BCUT2D eigenvalue weighted by atomic mass is 10.2. The normalized spacial score (nSPS) is 11.1. The lowest BCUT2D eigenvalue weighted by molar-refractivity contribution is 0.578. The molecule has 0 atom stereocenters. The number of halogens is 3. The average molecular weight is 261 g/mol. The van der Waals surface area contributed by atoms with Crippen molar-refractivity contribution < 1.29 is 13.2 Å². The van der Waals surface area contributed by atoms with E-state index in [0.717, 1.165) is 6.07 Å². The number of hydrogen-bond acceptors (Lipinski definition) is 0. The third-order valence-electron chi connectivity index (χ3n) is 3.04. The molecule has 0 aliphatic rings. The molecule has 0 bridgehead atoms. The molecule has 0 unspecified atom stereocenters. The maximum atomic E-state index is 13.5. The molecule has 1 aromatic heterocycles. The second kappa shape index (κ2) is 4.46. The van der Waals surface area contributed by atoms with Crippen LogP contribution in [0.5, 0.6) is 0 Å². The lowest BCUT2D eigenvalue weighted by Crippen LogP contribution is -1.99. The predicted molar refractivity (Wildman–Crippen MR) is 67.4 cm³/mol. The van der Waals surface area contributed by atoms with Gasteiger partial charge >= 0.3 is 0 Å². The van der Waals surface area contributed by atoms with Gasteiger partial charge in [0.15, 0.2) is 0 Å². The molecule has 4 heteroatoms. The molecule has 0 radical (unpaired) electrons. The summed E-state index contributed by atoms with van der Waals surface area (Å²) < 4.78 is 41.5. The summed E-state index contributed by atoms with van der Waals surface area (Å²) in [6.07, 6.45) is 1.70. The summed E-state index contributed by atoms with van der Waals surface area (Å²) >= 11 is 0. The van der Waals surface area contributed by atoms with Crippen molar-refractivity contribution in [2.75, 3.05) is 0 Å². The van der Waals surface area contributed by atoms with Gasteiger partial charge in [0.2, 0.25) is 0 Å². The average Bonchev–Trinajstić information content (AvgIpc) is 2.73. The molecule has 0 aliphatic carbocycles. The number of rotatable bonds is 2. The van der Waals surface area contributed by atoms with Crippen LogP contribution >= 0.6 is 0 Å². The zero-order valence-corrected chi connectivity index (χ0v) is 9.91. The van der Waals surface area contributed by atoms with Crippen LogP contribution in [0.15, 0.2) is 48.7 Å². The van der Waals surface area contributed by atoms with E-state index in [-0.39, 0.29) is 5.82 Å². The predicted octanol–water partition coefficient (Wildman–Crippen LogP) is 4.11. The summed E-state index contributed by atoms with van der Waals surface area (Å²) in [6.45, 7) is 0.293. The Morgan fingerprint density at radius 1 is 0.895 bits per heavy atom. The zero-order chi connectivity index (χ0) is 13.4. The van der Waals surface area contributed by atoms with Gasteiger partial charge in [0.1, 0.15) is 17.5 Å². The number of hydrogen-bond donors (Lipinski definition) is 0. The van der Waals surface area contributed by atoms with Crippen LogP contribution in [0.25, 0.3) is 10.9 Å². The van der Waals surface area contributed by atoms with E-state index >= 15 is 0 Å². The Morgan fingerprint density at radius 3 is 2.37 bits per heavy atom. The third-order valence-corrected chi connectivity index (χ3v) is 3.04. The van der Waals surface area contributed by atoms with Crippen LogP contribution in [0.2, 0.25) is 0 Å². The van der Waals surface area contributed by atoms with Gasteiger partial charge in [-0.2, -0.15) is 0 Å². The van der Waals surface area contributed by atoms with E-state index in [2.05, 4.69) is 0 Å². The molecule has 19 heavy (non-hydrogen) atoms. The van der Waals surface area contributed by atoms with Gasteiger partial charge in [-0.05, 0) is 35.9 Å². The van der Waals surface area contributed by atoms with Crippen molar-refractivity contribution in [2.45, 2.75) is 6.54 Å². The fourth-order valence-corrected chi connectivity index (χ4v) is 2.22. The molecule has 0 amide bonds. The minimum atomic E-state index is -0.613. The topological polar surface area (TPSA) is 4.93 Å². The maximum absolute atomic E-state index is 13.5. The van der Waals surface area contributed by atoms with E-state index in [1.165, 1.54) is 18.2 Å². The van der Waals surface area contributed by atoms with Crippen molar-refractivity contribution in [1.82, 2.24) is 4.57 Å². The first kappa shape index (κ1) is 11.8. The van der Waals surface area contributed by atoms with Crippen molar-refractivity contribution in [3.63, 3.8) is 0 Å². The number of fused-ring (bicyclic) bond motifs is 1. The first-order valence-corrected chi connectivity index (χ1v) is 5.82. The standard InChI is InChI=1S/C15H10F3N/c16-11-6-10(7-12(17)8-11)9-19-5-4-13-14(18)2-1-3-15(13)19/h1-8H,9H2. The lowest BCUT2D eigenvalue weighted by Gasteiger charge is -2.06. The summed E-state index contributed by atoms with van der Waals surface area (Å²) in [5.74, 6) is -1.53. The summed E-state index contributed by atoms with van der Waals surface area (Å²) in [6, 6.07) is 9.79. The number of nitrogens with zero attached hydrogens (tertiary/aromatic N) is 1. The van der Waals surface area contributed by atoms with Crippen LogP contribution in [-0.4, -0.2) is 4.57 Å². The van der Waals surface area contributed by atoms with Crippen LogP contribution in [-0.2, 0) is 6.54 Å². The molecule has 0 spiro atoms. The molecule has 3 rings (SSSR count). The van der Waals surface area contributed by atoms with E-state index in [9.17, 15) is 13.2 Å². The Bertz CT molecular complexity index is 726. The molecule has 1 nitrogen and oxygen atoms in total. The van der Waals surface area contributed by atoms with E-state index in [1.54, 1.807) is 29.0 Å². The zero-order valence-electron chi connectivity index (χ0n) is 9.91. The van der Waals surface area contributed by atoms with E-state index in [0.29, 0.717) is 23.0 Å². The van der Waals surface area contributed by atoms with Crippen LogP contribution in [0.4, 0.5) is 13.2 Å². The fourth-order valence-electron chi connectivity index (χ4n) is 2.22. The van der Waals surface area contributed by atoms with Gasteiger partial charge in [-0.3, -0.25) is 0 Å². The van der Waals surface area contributed by atoms with Crippen LogP contribution in [0, 0.1) is 17.5 Å². The largest absolute Gasteiger partial charge is 0.343 e. The first-order valence-electron chi connectivity index (χ1n) is 5.82. The molecule has 96 valence electrons. The van der Waals surface area contributed by atoms with E-state index in [1.807, 2.05) is 0 Å². The van der Waals surface area contributed by atoms with Crippen LogP contribution in [0.3, 0.4) is 0 Å². The van der Waals surface area contributed by atoms with Gasteiger partial charge in [-0.25, -0.2) is 13.2 Å². The SMILES string of the molecule is Fc1cc(F)cc(Cn2ccc3c(F)cccc32)c1. The minimum absolute atomic E-state index is 0.293. The second-order valence-corrected chi connectivity index (χ2v) is 4.39. The molecule has 2 aromatic carbocycles. The molecule has 1 heterocycles. The molecular formula is C15H10F3N. The van der Waals surface area contributed by atoms with Crippen LogP contribution < -0.4 is 0 Å². The highest BCUT2D eigenvalue weighted by molar-refractivity contribution is 5.80. The Morgan fingerprint density at radius 2 is 1.63 bits per heavy atom. The second-order valence-electron chi connectivity index (χ2n) is 4.39. The van der Waals surface area contributed by atoms with E-state index in [4.69, 9.17) is 0 Å². The monoisotopic (exact) mass is 261 g/mol. The minimum Gasteiger partial charge on any atom is -0.343 e. The van der Waals surface area contributed by atoms with Crippen molar-refractivity contribution in [1.29, 1.82) is 0 Å². The van der Waals surface area contributed by atoms with Gasteiger partial charge in [0, 0.05) is 24.2 Å². The molecule has 0 saturated carbocycles. The fraction of sp³-hybridized carbons (Fsp3) is 0.0667. The van der Waals surface area contributed by atoms with Crippen molar-refractivity contribution in [3.05, 3.63) is 71.7 Å². The summed E-state index contributed by atoms with van der Waals surface area (Å²) in [5, 5.41) is 0.499. The highest BCUT2D eigenvalue weighted by Crippen LogP contribution is 2.20. The van der Waals surface area contributed by atoms with Crippen molar-refractivity contribution in [2.24, 2.45) is 0 Å². The highest BCUT2D eigenvalue weighted by atomic mass is 19.1. The molecule has 0 aliphatic heterocycles. The van der Waals surface area contributed by atoms with E-state index < -0.39 is 11.6 Å². The van der Waals surface area contributed by atoms with Gasteiger partial charge in [-0.1, -0.05) is 6.07 Å². The van der Waals surface area contributed by atoms with Crippen LogP contribution in [0.1, 0.15) is 5.56 Å². The maximum Gasteiger partial charge on any atom is 0.132 e. The highest BCUT2D eigenvalue weighted by Gasteiger charge is 2.07. The van der Waals surface area contributed by atoms with Gasteiger partial charge in [-0.15, -0.1) is 0 Å².